The second-order valence-electron chi connectivity index (χ2n) is 6.86. The zero-order valence-electron chi connectivity index (χ0n) is 16.0. The lowest BCUT2D eigenvalue weighted by Crippen LogP contribution is -2.30. The SMILES string of the molecule is CS(=O)(=O)c1cc(Cc2nnc(C(F)(F)F)o2)ccc1N1C(=O)c2cccc(Cl)c2C1=O. The second-order valence-corrected chi connectivity index (χ2v) is 9.25. The number of fused-ring (bicyclic) bond motifs is 1. The highest BCUT2D eigenvalue weighted by Gasteiger charge is 2.40. The maximum atomic E-state index is 12.9. The molecular formula is C19H11ClF3N3O5S. The summed E-state index contributed by atoms with van der Waals surface area (Å²) in [5.74, 6) is -3.47. The molecule has 13 heteroatoms. The molecule has 4 rings (SSSR count). The molecule has 1 aliphatic rings. The minimum absolute atomic E-state index is 0.0246. The molecule has 32 heavy (non-hydrogen) atoms. The van der Waals surface area contributed by atoms with E-state index in [0.29, 0.717) is 4.90 Å². The van der Waals surface area contributed by atoms with Crippen LogP contribution in [0.15, 0.2) is 45.7 Å². The monoisotopic (exact) mass is 485 g/mol. The van der Waals surface area contributed by atoms with Gasteiger partial charge in [-0.1, -0.05) is 23.7 Å². The third-order valence-electron chi connectivity index (χ3n) is 4.59. The predicted molar refractivity (Wildman–Crippen MR) is 104 cm³/mol. The summed E-state index contributed by atoms with van der Waals surface area (Å²) in [6, 6.07) is 7.98. The van der Waals surface area contributed by atoms with Gasteiger partial charge in [-0.2, -0.15) is 13.2 Å². The normalized spacial score (nSPS) is 14.2. The lowest BCUT2D eigenvalue weighted by molar-refractivity contribution is -0.157. The van der Waals surface area contributed by atoms with Crippen LogP contribution in [0.2, 0.25) is 5.02 Å². The van der Waals surface area contributed by atoms with Gasteiger partial charge in [-0.15, -0.1) is 10.2 Å². The number of carbonyl (C=O) groups is 2. The Morgan fingerprint density at radius 2 is 1.81 bits per heavy atom. The van der Waals surface area contributed by atoms with E-state index >= 15 is 0 Å². The molecule has 3 aromatic rings. The van der Waals surface area contributed by atoms with Crippen molar-refractivity contribution in [2.24, 2.45) is 0 Å². The van der Waals surface area contributed by atoms with Gasteiger partial charge in [-0.3, -0.25) is 9.59 Å². The fraction of sp³-hybridized carbons (Fsp3) is 0.158. The van der Waals surface area contributed by atoms with E-state index in [-0.39, 0.29) is 38.7 Å². The lowest BCUT2D eigenvalue weighted by atomic mass is 10.1. The molecule has 1 aliphatic heterocycles. The van der Waals surface area contributed by atoms with Gasteiger partial charge in [0.05, 0.1) is 33.2 Å². The molecule has 0 aliphatic carbocycles. The van der Waals surface area contributed by atoms with Gasteiger partial charge in [0.2, 0.25) is 5.89 Å². The largest absolute Gasteiger partial charge is 0.470 e. The average Bonchev–Trinajstić information content (AvgIpc) is 3.25. The van der Waals surface area contributed by atoms with Gasteiger partial charge in [0.1, 0.15) is 0 Å². The van der Waals surface area contributed by atoms with Gasteiger partial charge in [0.25, 0.3) is 11.8 Å². The Labute approximate surface area is 183 Å². The molecule has 8 nitrogen and oxygen atoms in total. The van der Waals surface area contributed by atoms with E-state index in [0.717, 1.165) is 12.3 Å². The van der Waals surface area contributed by atoms with Crippen LogP contribution in [0.25, 0.3) is 0 Å². The van der Waals surface area contributed by atoms with Gasteiger partial charge < -0.3 is 4.42 Å². The van der Waals surface area contributed by atoms with Crippen LogP contribution in [-0.2, 0) is 22.4 Å². The van der Waals surface area contributed by atoms with Gasteiger partial charge in [0.15, 0.2) is 9.84 Å². The molecule has 0 fully saturated rings. The van der Waals surface area contributed by atoms with Gasteiger partial charge in [-0.25, -0.2) is 13.3 Å². The van der Waals surface area contributed by atoms with Crippen LogP contribution in [0.1, 0.15) is 38.1 Å². The number of hydrogen-bond donors (Lipinski definition) is 0. The van der Waals surface area contributed by atoms with Crippen molar-refractivity contribution in [2.75, 3.05) is 11.2 Å². The maximum Gasteiger partial charge on any atom is 0.470 e. The molecule has 0 radical (unpaired) electrons. The lowest BCUT2D eigenvalue weighted by Gasteiger charge is -2.18. The molecule has 0 saturated carbocycles. The van der Waals surface area contributed by atoms with Crippen molar-refractivity contribution in [3.63, 3.8) is 0 Å². The van der Waals surface area contributed by atoms with Crippen LogP contribution in [0.4, 0.5) is 18.9 Å². The Morgan fingerprint density at radius 3 is 2.41 bits per heavy atom. The minimum Gasteiger partial charge on any atom is -0.417 e. The first-order valence-corrected chi connectivity index (χ1v) is 11.0. The number of nitrogens with zero attached hydrogens (tertiary/aromatic N) is 3. The zero-order valence-corrected chi connectivity index (χ0v) is 17.5. The minimum atomic E-state index is -4.82. The Bertz CT molecular complexity index is 1390. The zero-order chi connectivity index (χ0) is 23.4. The first-order valence-electron chi connectivity index (χ1n) is 8.78. The van der Waals surface area contributed by atoms with Crippen LogP contribution in [0, 0.1) is 0 Å². The number of amides is 2. The molecule has 0 spiro atoms. The summed E-state index contributed by atoms with van der Waals surface area (Å²) in [5, 5.41) is 6.27. The molecule has 0 atom stereocenters. The average molecular weight is 486 g/mol. The molecule has 1 aromatic heterocycles. The fourth-order valence-corrected chi connectivity index (χ4v) is 4.39. The number of benzene rings is 2. The first-order chi connectivity index (χ1) is 14.9. The molecule has 0 saturated heterocycles. The van der Waals surface area contributed by atoms with Gasteiger partial charge in [-0.05, 0) is 29.8 Å². The summed E-state index contributed by atoms with van der Waals surface area (Å²) in [6.45, 7) is 0. The van der Waals surface area contributed by atoms with E-state index < -0.39 is 39.6 Å². The summed E-state index contributed by atoms with van der Waals surface area (Å²) in [7, 11) is -3.97. The first kappa shape index (κ1) is 22.0. The van der Waals surface area contributed by atoms with Crippen molar-refractivity contribution in [1.82, 2.24) is 10.2 Å². The summed E-state index contributed by atoms with van der Waals surface area (Å²) >= 11 is 6.04. The third kappa shape index (κ3) is 3.75. The van der Waals surface area contributed by atoms with Crippen molar-refractivity contribution < 1.29 is 35.6 Å². The molecular weight excluding hydrogens is 475 g/mol. The van der Waals surface area contributed by atoms with Crippen LogP contribution < -0.4 is 4.90 Å². The van der Waals surface area contributed by atoms with Gasteiger partial charge >= 0.3 is 12.1 Å². The summed E-state index contributed by atoms with van der Waals surface area (Å²) in [6.07, 6.45) is -4.26. The molecule has 0 unspecified atom stereocenters. The summed E-state index contributed by atoms with van der Waals surface area (Å²) in [5.41, 5.74) is -0.0222. The van der Waals surface area contributed by atoms with Crippen LogP contribution in [0.5, 0.6) is 0 Å². The fourth-order valence-electron chi connectivity index (χ4n) is 3.23. The maximum absolute atomic E-state index is 12.9. The van der Waals surface area contributed by atoms with E-state index in [9.17, 15) is 31.2 Å². The number of aromatic nitrogens is 2. The van der Waals surface area contributed by atoms with E-state index in [1.54, 1.807) is 0 Å². The highest BCUT2D eigenvalue weighted by molar-refractivity contribution is 7.90. The van der Waals surface area contributed by atoms with Crippen molar-refractivity contribution in [3.05, 3.63) is 69.9 Å². The van der Waals surface area contributed by atoms with E-state index in [1.165, 1.54) is 30.3 Å². The number of halogens is 4. The highest BCUT2D eigenvalue weighted by atomic mass is 35.5. The van der Waals surface area contributed by atoms with Crippen molar-refractivity contribution >= 4 is 38.9 Å². The van der Waals surface area contributed by atoms with Crippen LogP contribution in [-0.4, -0.2) is 36.7 Å². The summed E-state index contributed by atoms with van der Waals surface area (Å²) < 4.78 is 67.4. The third-order valence-corrected chi connectivity index (χ3v) is 6.03. The molecule has 166 valence electrons. The van der Waals surface area contributed by atoms with E-state index in [2.05, 4.69) is 14.6 Å². The molecule has 0 bridgehead atoms. The van der Waals surface area contributed by atoms with E-state index in [4.69, 9.17) is 11.6 Å². The molecule has 2 aromatic carbocycles. The van der Waals surface area contributed by atoms with Crippen LogP contribution >= 0.6 is 11.6 Å². The number of carbonyl (C=O) groups excluding carboxylic acids is 2. The van der Waals surface area contributed by atoms with Crippen molar-refractivity contribution in [3.8, 4) is 0 Å². The van der Waals surface area contributed by atoms with Crippen molar-refractivity contribution in [2.45, 2.75) is 17.5 Å². The predicted octanol–water partition coefficient (Wildman–Crippen LogP) is 3.54. The second kappa shape index (κ2) is 7.41. The highest BCUT2D eigenvalue weighted by Crippen LogP contribution is 2.36. The Hall–Kier alpha value is -3.25. The van der Waals surface area contributed by atoms with E-state index in [1.807, 2.05) is 0 Å². The quantitative estimate of drug-likeness (QED) is 0.520. The number of rotatable bonds is 4. The standard InChI is InChI=1S/C19H11ClF3N3O5S/c1-32(29,30)13-7-9(8-14-24-25-18(31-14)19(21,22)23)5-6-12(13)26-16(27)10-3-2-4-11(20)15(10)17(26)28/h2-7H,8H2,1H3. The Balaban J connectivity index is 1.75. The number of alkyl halides is 3. The number of sulfone groups is 1. The number of anilines is 1. The smallest absolute Gasteiger partial charge is 0.417 e. The molecule has 2 heterocycles. The molecule has 2 amide bonds. The Morgan fingerprint density at radius 1 is 1.09 bits per heavy atom. The number of imide groups is 1. The van der Waals surface area contributed by atoms with Crippen LogP contribution in [0.3, 0.4) is 0 Å². The number of hydrogen-bond acceptors (Lipinski definition) is 7. The topological polar surface area (TPSA) is 110 Å². The molecule has 0 N–H and O–H groups in total. The van der Waals surface area contributed by atoms with Gasteiger partial charge in [0, 0.05) is 6.26 Å². The summed E-state index contributed by atoms with van der Waals surface area (Å²) in [4.78, 5) is 26.0. The van der Waals surface area contributed by atoms with Crippen molar-refractivity contribution in [1.29, 1.82) is 0 Å². The Kier molecular flexibility index (Phi) is 5.09.